The van der Waals surface area contributed by atoms with Crippen LogP contribution in [0.25, 0.3) is 0 Å². The van der Waals surface area contributed by atoms with E-state index in [1.165, 1.54) is 4.88 Å². The summed E-state index contributed by atoms with van der Waals surface area (Å²) in [5.74, 6) is 6.54. The summed E-state index contributed by atoms with van der Waals surface area (Å²) in [5.41, 5.74) is 3.95. The third-order valence-corrected chi connectivity index (χ3v) is 4.95. The molecule has 4 nitrogen and oxygen atoms in total. The number of methoxy groups -OCH3 is 1. The standard InChI is InChI=1S/C12H17N3OS2/c1-7-8(2)18-11(14-7)6-9(15-13)12-10(16-3)4-5-17-12/h4-5,9,15H,6,13H2,1-3H3. The molecule has 0 radical (unpaired) electrons. The van der Waals surface area contributed by atoms with E-state index in [1.807, 2.05) is 18.4 Å². The number of rotatable bonds is 5. The van der Waals surface area contributed by atoms with Crippen LogP contribution < -0.4 is 16.0 Å². The molecule has 2 aromatic heterocycles. The summed E-state index contributed by atoms with van der Waals surface area (Å²) in [4.78, 5) is 6.93. The molecule has 6 heteroatoms. The Morgan fingerprint density at radius 3 is 2.83 bits per heavy atom. The number of nitrogens with zero attached hydrogens (tertiary/aromatic N) is 1. The van der Waals surface area contributed by atoms with E-state index in [9.17, 15) is 0 Å². The second kappa shape index (κ2) is 5.79. The molecule has 0 fully saturated rings. The number of thiophene rings is 1. The van der Waals surface area contributed by atoms with Gasteiger partial charge in [0.2, 0.25) is 0 Å². The zero-order valence-corrected chi connectivity index (χ0v) is 12.3. The Hall–Kier alpha value is -0.950. The number of thiazole rings is 1. The van der Waals surface area contributed by atoms with Crippen LogP contribution in [0.5, 0.6) is 5.75 Å². The summed E-state index contributed by atoms with van der Waals surface area (Å²) in [6.07, 6.45) is 0.784. The molecule has 2 rings (SSSR count). The van der Waals surface area contributed by atoms with E-state index in [-0.39, 0.29) is 6.04 Å². The van der Waals surface area contributed by atoms with Crippen molar-refractivity contribution in [3.8, 4) is 5.75 Å². The Balaban J connectivity index is 2.19. The number of hydrogen-bond acceptors (Lipinski definition) is 6. The van der Waals surface area contributed by atoms with Crippen molar-refractivity contribution in [2.45, 2.75) is 26.3 Å². The topological polar surface area (TPSA) is 60.2 Å². The van der Waals surface area contributed by atoms with Gasteiger partial charge in [-0.3, -0.25) is 11.3 Å². The maximum absolute atomic E-state index is 5.66. The first-order valence-electron chi connectivity index (χ1n) is 5.66. The maximum Gasteiger partial charge on any atom is 0.134 e. The largest absolute Gasteiger partial charge is 0.496 e. The summed E-state index contributed by atoms with van der Waals surface area (Å²) in [7, 11) is 1.68. The van der Waals surface area contributed by atoms with E-state index >= 15 is 0 Å². The Bertz CT molecular complexity index is 502. The molecule has 0 aliphatic carbocycles. The monoisotopic (exact) mass is 283 g/mol. The van der Waals surface area contributed by atoms with Gasteiger partial charge in [0.15, 0.2) is 0 Å². The van der Waals surface area contributed by atoms with Crippen molar-refractivity contribution >= 4 is 22.7 Å². The molecule has 0 aliphatic rings. The van der Waals surface area contributed by atoms with Crippen molar-refractivity contribution in [2.75, 3.05) is 7.11 Å². The molecule has 0 bridgehead atoms. The molecule has 2 aromatic rings. The van der Waals surface area contributed by atoms with Gasteiger partial charge in [0, 0.05) is 11.3 Å². The Labute approximate surface area is 115 Å². The predicted octanol–water partition coefficient (Wildman–Crippen LogP) is 2.58. The SMILES string of the molecule is COc1ccsc1C(Cc1nc(C)c(C)s1)NN. The van der Waals surface area contributed by atoms with E-state index in [4.69, 9.17) is 10.6 Å². The highest BCUT2D eigenvalue weighted by atomic mass is 32.1. The summed E-state index contributed by atoms with van der Waals surface area (Å²) >= 11 is 3.37. The highest BCUT2D eigenvalue weighted by Gasteiger charge is 2.18. The second-order valence-corrected chi connectivity index (χ2v) is 6.26. The number of ether oxygens (including phenoxy) is 1. The van der Waals surface area contributed by atoms with Crippen LogP contribution in [-0.4, -0.2) is 12.1 Å². The molecule has 0 amide bonds. The number of aromatic nitrogens is 1. The van der Waals surface area contributed by atoms with Crippen molar-refractivity contribution in [1.29, 1.82) is 0 Å². The Morgan fingerprint density at radius 2 is 2.28 bits per heavy atom. The number of hydrogen-bond donors (Lipinski definition) is 2. The molecule has 98 valence electrons. The van der Waals surface area contributed by atoms with Gasteiger partial charge in [-0.2, -0.15) is 0 Å². The summed E-state index contributed by atoms with van der Waals surface area (Å²) in [5, 5.41) is 3.11. The first-order chi connectivity index (χ1) is 8.65. The lowest BCUT2D eigenvalue weighted by Gasteiger charge is -2.14. The van der Waals surface area contributed by atoms with E-state index < -0.39 is 0 Å². The van der Waals surface area contributed by atoms with Crippen LogP contribution in [0, 0.1) is 13.8 Å². The second-order valence-electron chi connectivity index (χ2n) is 4.03. The van der Waals surface area contributed by atoms with Crippen molar-refractivity contribution in [3.63, 3.8) is 0 Å². The van der Waals surface area contributed by atoms with Gasteiger partial charge in [-0.15, -0.1) is 22.7 Å². The molecule has 0 aliphatic heterocycles. The summed E-state index contributed by atoms with van der Waals surface area (Å²) in [6, 6.07) is 2.01. The van der Waals surface area contributed by atoms with Gasteiger partial charge in [-0.05, 0) is 25.3 Å². The molecule has 0 saturated carbocycles. The minimum atomic E-state index is 0.0462. The molecule has 1 atom stereocenters. The van der Waals surface area contributed by atoms with Gasteiger partial charge in [0.25, 0.3) is 0 Å². The average molecular weight is 283 g/mol. The van der Waals surface area contributed by atoms with Crippen molar-refractivity contribution in [2.24, 2.45) is 5.84 Å². The Kier molecular flexibility index (Phi) is 4.34. The molecular weight excluding hydrogens is 266 g/mol. The number of hydrazine groups is 1. The van der Waals surface area contributed by atoms with Crippen LogP contribution in [0.15, 0.2) is 11.4 Å². The molecular formula is C12H17N3OS2. The normalized spacial score (nSPS) is 12.7. The fourth-order valence-electron chi connectivity index (χ4n) is 1.76. The van der Waals surface area contributed by atoms with Crippen molar-refractivity contribution < 1.29 is 4.74 Å². The van der Waals surface area contributed by atoms with Gasteiger partial charge < -0.3 is 4.74 Å². The fourth-order valence-corrected chi connectivity index (χ4v) is 3.66. The van der Waals surface area contributed by atoms with Gasteiger partial charge in [-0.1, -0.05) is 0 Å². The molecule has 0 saturated heterocycles. The zero-order chi connectivity index (χ0) is 13.1. The third-order valence-electron chi connectivity index (χ3n) is 2.85. The lowest BCUT2D eigenvalue weighted by Crippen LogP contribution is -2.29. The maximum atomic E-state index is 5.66. The molecule has 2 heterocycles. The highest BCUT2D eigenvalue weighted by molar-refractivity contribution is 7.11. The Morgan fingerprint density at radius 1 is 1.50 bits per heavy atom. The summed E-state index contributed by atoms with van der Waals surface area (Å²) < 4.78 is 5.33. The van der Waals surface area contributed by atoms with Crippen LogP contribution in [0.3, 0.4) is 0 Å². The molecule has 1 unspecified atom stereocenters. The highest BCUT2D eigenvalue weighted by Crippen LogP contribution is 2.33. The fraction of sp³-hybridized carbons (Fsp3) is 0.417. The number of nitrogens with two attached hydrogens (primary N) is 1. The predicted molar refractivity (Wildman–Crippen MR) is 76.2 cm³/mol. The number of nitrogens with one attached hydrogen (secondary N) is 1. The quantitative estimate of drug-likeness (QED) is 0.654. The average Bonchev–Trinajstić information content (AvgIpc) is 2.94. The zero-order valence-electron chi connectivity index (χ0n) is 10.7. The first-order valence-corrected chi connectivity index (χ1v) is 7.35. The third kappa shape index (κ3) is 2.72. The van der Waals surface area contributed by atoms with E-state index in [0.29, 0.717) is 0 Å². The van der Waals surface area contributed by atoms with Crippen LogP contribution in [0.1, 0.15) is 26.5 Å². The smallest absolute Gasteiger partial charge is 0.134 e. The van der Waals surface area contributed by atoms with Crippen LogP contribution in [0.4, 0.5) is 0 Å². The van der Waals surface area contributed by atoms with E-state index in [2.05, 4.69) is 17.3 Å². The van der Waals surface area contributed by atoms with E-state index in [1.54, 1.807) is 29.8 Å². The summed E-state index contributed by atoms with van der Waals surface area (Å²) in [6.45, 7) is 4.12. The molecule has 3 N–H and O–H groups in total. The van der Waals surface area contributed by atoms with Gasteiger partial charge >= 0.3 is 0 Å². The first kappa shape index (κ1) is 13.5. The van der Waals surface area contributed by atoms with Gasteiger partial charge in [0.1, 0.15) is 5.75 Å². The minimum Gasteiger partial charge on any atom is -0.496 e. The lowest BCUT2D eigenvalue weighted by molar-refractivity contribution is 0.403. The van der Waals surface area contributed by atoms with Crippen LogP contribution >= 0.6 is 22.7 Å². The van der Waals surface area contributed by atoms with Crippen molar-refractivity contribution in [3.05, 3.63) is 31.9 Å². The lowest BCUT2D eigenvalue weighted by atomic mass is 10.2. The van der Waals surface area contributed by atoms with Crippen molar-refractivity contribution in [1.82, 2.24) is 10.4 Å². The minimum absolute atomic E-state index is 0.0462. The van der Waals surface area contributed by atoms with Crippen LogP contribution in [-0.2, 0) is 6.42 Å². The van der Waals surface area contributed by atoms with E-state index in [0.717, 1.165) is 27.7 Å². The molecule has 18 heavy (non-hydrogen) atoms. The van der Waals surface area contributed by atoms with Gasteiger partial charge in [-0.25, -0.2) is 4.98 Å². The van der Waals surface area contributed by atoms with Crippen LogP contribution in [0.2, 0.25) is 0 Å². The van der Waals surface area contributed by atoms with Gasteiger partial charge in [0.05, 0.1) is 28.7 Å². The molecule has 0 aromatic carbocycles. The molecule has 0 spiro atoms. The number of aryl methyl sites for hydroxylation is 2.